The zero-order valence-corrected chi connectivity index (χ0v) is 17.6. The quantitative estimate of drug-likeness (QED) is 0.378. The Morgan fingerprint density at radius 3 is 2.21 bits per heavy atom. The largest absolute Gasteiger partial charge is 0.490 e. The van der Waals surface area contributed by atoms with E-state index >= 15 is 0 Å². The van der Waals surface area contributed by atoms with Crippen molar-refractivity contribution in [3.63, 3.8) is 0 Å². The minimum Gasteiger partial charge on any atom is -0.490 e. The third kappa shape index (κ3) is 6.69. The molecule has 2 amide bonds. The number of carbonyl (C=O) groups excluding carboxylic acids is 2. The summed E-state index contributed by atoms with van der Waals surface area (Å²) in [6.45, 7) is 0.0771. The van der Waals surface area contributed by atoms with Crippen molar-refractivity contribution in [2.45, 2.75) is 6.61 Å². The minimum atomic E-state index is -0.728. The van der Waals surface area contributed by atoms with Crippen LogP contribution in [0.15, 0.2) is 72.8 Å². The van der Waals surface area contributed by atoms with E-state index in [2.05, 4.69) is 10.9 Å². The Morgan fingerprint density at radius 2 is 1.58 bits per heavy atom. The summed E-state index contributed by atoms with van der Waals surface area (Å²) in [5.41, 5.74) is 5.03. The summed E-state index contributed by atoms with van der Waals surface area (Å²) in [4.78, 5) is 34.5. The molecule has 3 aromatic carbocycles. The molecule has 0 saturated carbocycles. The normalized spacial score (nSPS) is 10.1. The number of nitrogens with one attached hydrogen (secondary N) is 2. The van der Waals surface area contributed by atoms with Crippen molar-refractivity contribution in [1.82, 2.24) is 10.9 Å². The maximum absolute atomic E-state index is 12.2. The number of hydrogen-bond donors (Lipinski definition) is 2. The molecule has 0 bridgehead atoms. The third-order valence-corrected chi connectivity index (χ3v) is 4.40. The van der Waals surface area contributed by atoms with Gasteiger partial charge in [-0.3, -0.25) is 30.6 Å². The Morgan fingerprint density at radius 1 is 0.909 bits per heavy atom. The zero-order valence-electron chi connectivity index (χ0n) is 17.6. The number of nitro groups is 1. The number of nitrogens with zero attached hydrogens (tertiary/aromatic N) is 1. The Hall–Kier alpha value is -4.60. The molecule has 0 fully saturated rings. The van der Waals surface area contributed by atoms with Crippen LogP contribution >= 0.6 is 0 Å². The molecule has 0 spiro atoms. The van der Waals surface area contributed by atoms with Gasteiger partial charge in [0.25, 0.3) is 11.8 Å². The number of hydrazine groups is 1. The molecule has 10 heteroatoms. The van der Waals surface area contributed by atoms with Gasteiger partial charge in [0.1, 0.15) is 18.1 Å². The molecular weight excluding hydrogens is 430 g/mol. The van der Waals surface area contributed by atoms with Gasteiger partial charge < -0.3 is 14.2 Å². The van der Waals surface area contributed by atoms with Crippen molar-refractivity contribution in [3.8, 4) is 17.2 Å². The van der Waals surface area contributed by atoms with E-state index in [4.69, 9.17) is 14.2 Å². The topological polar surface area (TPSA) is 129 Å². The lowest BCUT2D eigenvalue weighted by Gasteiger charge is -2.10. The molecule has 0 heterocycles. The molecule has 2 N–H and O–H groups in total. The molecule has 33 heavy (non-hydrogen) atoms. The fourth-order valence-corrected chi connectivity index (χ4v) is 2.73. The van der Waals surface area contributed by atoms with E-state index in [1.807, 2.05) is 30.3 Å². The van der Waals surface area contributed by atoms with Gasteiger partial charge in [0, 0.05) is 11.6 Å². The second-order valence-corrected chi connectivity index (χ2v) is 6.68. The first kappa shape index (κ1) is 23.1. The summed E-state index contributed by atoms with van der Waals surface area (Å²) in [7, 11) is 1.29. The second-order valence-electron chi connectivity index (χ2n) is 6.68. The van der Waals surface area contributed by atoms with Crippen LogP contribution in [0.25, 0.3) is 0 Å². The number of carbonyl (C=O) groups is 2. The molecule has 170 valence electrons. The lowest BCUT2D eigenvalue weighted by atomic mass is 10.2. The van der Waals surface area contributed by atoms with Crippen molar-refractivity contribution < 1.29 is 28.7 Å². The van der Waals surface area contributed by atoms with E-state index in [0.717, 1.165) is 11.6 Å². The summed E-state index contributed by atoms with van der Waals surface area (Å²) in [5.74, 6) is -0.235. The van der Waals surface area contributed by atoms with Crippen LogP contribution in [-0.4, -0.2) is 30.5 Å². The standard InChI is InChI=1S/C23H21N3O7/c1-31-21-12-7-17(13-20(21)26(29)30)23(28)25-24-22(27)15-33-19-10-8-18(9-11-19)32-14-16-5-3-2-4-6-16/h2-13H,14-15H2,1H3,(H,24,27)(H,25,28). The second kappa shape index (κ2) is 11.1. The van der Waals surface area contributed by atoms with Crippen LogP contribution < -0.4 is 25.1 Å². The molecule has 0 aliphatic rings. The smallest absolute Gasteiger partial charge is 0.311 e. The Labute approximate surface area is 189 Å². The highest BCUT2D eigenvalue weighted by Gasteiger charge is 2.18. The summed E-state index contributed by atoms with van der Waals surface area (Å²) in [5, 5.41) is 11.1. The number of amides is 2. The predicted octanol–water partition coefficient (Wildman–Crippen LogP) is 3.02. The van der Waals surface area contributed by atoms with E-state index in [-0.39, 0.29) is 23.6 Å². The van der Waals surface area contributed by atoms with E-state index in [1.165, 1.54) is 19.2 Å². The van der Waals surface area contributed by atoms with E-state index in [0.29, 0.717) is 18.1 Å². The number of rotatable bonds is 9. The van der Waals surface area contributed by atoms with E-state index in [1.54, 1.807) is 24.3 Å². The molecule has 3 rings (SSSR count). The fourth-order valence-electron chi connectivity index (χ4n) is 2.73. The van der Waals surface area contributed by atoms with Gasteiger partial charge >= 0.3 is 5.69 Å². The molecule has 0 aromatic heterocycles. The molecule has 10 nitrogen and oxygen atoms in total. The van der Waals surface area contributed by atoms with Gasteiger partial charge in [-0.15, -0.1) is 0 Å². The highest BCUT2D eigenvalue weighted by Crippen LogP contribution is 2.27. The van der Waals surface area contributed by atoms with Gasteiger partial charge in [-0.25, -0.2) is 0 Å². The molecule has 0 aliphatic heterocycles. The fraction of sp³-hybridized carbons (Fsp3) is 0.130. The first-order valence-electron chi connectivity index (χ1n) is 9.77. The summed E-state index contributed by atoms with van der Waals surface area (Å²) >= 11 is 0. The Balaban J connectivity index is 1.44. The number of hydrogen-bond acceptors (Lipinski definition) is 7. The SMILES string of the molecule is COc1ccc(C(=O)NNC(=O)COc2ccc(OCc3ccccc3)cc2)cc1[N+](=O)[O-]. The lowest BCUT2D eigenvalue weighted by molar-refractivity contribution is -0.385. The molecule has 0 aliphatic carbocycles. The average molecular weight is 451 g/mol. The molecule has 0 radical (unpaired) electrons. The molecule has 0 atom stereocenters. The first-order chi connectivity index (χ1) is 16.0. The van der Waals surface area contributed by atoms with Gasteiger partial charge in [-0.05, 0) is 42.0 Å². The number of methoxy groups -OCH3 is 1. The van der Waals surface area contributed by atoms with Gasteiger partial charge in [0.2, 0.25) is 0 Å². The first-order valence-corrected chi connectivity index (χ1v) is 9.77. The zero-order chi connectivity index (χ0) is 23.6. The molecule has 0 saturated heterocycles. The number of ether oxygens (including phenoxy) is 3. The highest BCUT2D eigenvalue weighted by molar-refractivity contribution is 5.96. The average Bonchev–Trinajstić information content (AvgIpc) is 2.85. The Kier molecular flexibility index (Phi) is 7.79. The van der Waals surface area contributed by atoms with Crippen molar-refractivity contribution in [2.75, 3.05) is 13.7 Å². The third-order valence-electron chi connectivity index (χ3n) is 4.40. The van der Waals surface area contributed by atoms with Crippen LogP contribution in [0.5, 0.6) is 17.2 Å². The van der Waals surface area contributed by atoms with E-state index in [9.17, 15) is 19.7 Å². The van der Waals surface area contributed by atoms with Crippen molar-refractivity contribution in [3.05, 3.63) is 94.0 Å². The predicted molar refractivity (Wildman–Crippen MR) is 118 cm³/mol. The van der Waals surface area contributed by atoms with Crippen LogP contribution in [-0.2, 0) is 11.4 Å². The van der Waals surface area contributed by atoms with Gasteiger partial charge in [-0.2, -0.15) is 0 Å². The van der Waals surface area contributed by atoms with Crippen LogP contribution in [0, 0.1) is 10.1 Å². The highest BCUT2D eigenvalue weighted by atomic mass is 16.6. The molecular formula is C23H21N3O7. The molecule has 3 aromatic rings. The lowest BCUT2D eigenvalue weighted by Crippen LogP contribution is -2.43. The summed E-state index contributed by atoms with van der Waals surface area (Å²) < 4.78 is 16.0. The maximum atomic E-state index is 12.2. The maximum Gasteiger partial charge on any atom is 0.311 e. The van der Waals surface area contributed by atoms with Gasteiger partial charge in [-0.1, -0.05) is 30.3 Å². The van der Waals surface area contributed by atoms with Crippen LogP contribution in [0.1, 0.15) is 15.9 Å². The monoisotopic (exact) mass is 451 g/mol. The van der Waals surface area contributed by atoms with Crippen LogP contribution in [0.4, 0.5) is 5.69 Å². The van der Waals surface area contributed by atoms with Crippen molar-refractivity contribution in [2.24, 2.45) is 0 Å². The van der Waals surface area contributed by atoms with Gasteiger partial charge in [0.15, 0.2) is 12.4 Å². The Bertz CT molecular complexity index is 1120. The number of benzene rings is 3. The van der Waals surface area contributed by atoms with Gasteiger partial charge in [0.05, 0.1) is 12.0 Å². The summed E-state index contributed by atoms with van der Waals surface area (Å²) in [6.07, 6.45) is 0. The van der Waals surface area contributed by atoms with Crippen LogP contribution in [0.2, 0.25) is 0 Å². The van der Waals surface area contributed by atoms with E-state index < -0.39 is 16.7 Å². The van der Waals surface area contributed by atoms with Crippen LogP contribution in [0.3, 0.4) is 0 Å². The summed E-state index contributed by atoms with van der Waals surface area (Å²) in [6, 6.07) is 20.2. The molecule has 0 unspecified atom stereocenters. The number of nitro benzene ring substituents is 1. The van der Waals surface area contributed by atoms with Crippen molar-refractivity contribution in [1.29, 1.82) is 0 Å². The minimum absolute atomic E-state index is 0.0187. The van der Waals surface area contributed by atoms with Crippen molar-refractivity contribution >= 4 is 17.5 Å².